The van der Waals surface area contributed by atoms with Gasteiger partial charge in [0.1, 0.15) is 0 Å². The van der Waals surface area contributed by atoms with Gasteiger partial charge in [-0.25, -0.2) is 13.4 Å². The number of aromatic nitrogens is 1. The van der Waals surface area contributed by atoms with E-state index in [-0.39, 0.29) is 0 Å². The Kier molecular flexibility index (Phi) is 3.38. The van der Waals surface area contributed by atoms with Gasteiger partial charge in [0.15, 0.2) is 4.21 Å². The maximum atomic E-state index is 12.7. The number of hydrogen-bond donors (Lipinski definition) is 0. The van der Waals surface area contributed by atoms with E-state index in [0.29, 0.717) is 43.6 Å². The number of ether oxygens (including phenoxy) is 2. The van der Waals surface area contributed by atoms with E-state index in [2.05, 4.69) is 4.98 Å². The first-order valence-corrected chi connectivity index (χ1v) is 8.41. The van der Waals surface area contributed by atoms with Gasteiger partial charge in [0.05, 0.1) is 36.6 Å². The van der Waals surface area contributed by atoms with Crippen molar-refractivity contribution in [3.05, 3.63) is 11.2 Å². The van der Waals surface area contributed by atoms with Crippen LogP contribution in [0.2, 0.25) is 0 Å². The van der Waals surface area contributed by atoms with Gasteiger partial charge in [-0.15, -0.1) is 11.3 Å². The highest BCUT2D eigenvalue weighted by molar-refractivity contribution is 7.91. The maximum Gasteiger partial charge on any atom is 0.254 e. The van der Waals surface area contributed by atoms with Gasteiger partial charge >= 0.3 is 0 Å². The third-order valence-corrected chi connectivity index (χ3v) is 6.92. The fraction of sp³-hybridized carbons (Fsp3) is 0.727. The minimum atomic E-state index is -3.50. The smallest absolute Gasteiger partial charge is 0.254 e. The molecule has 0 radical (unpaired) electrons. The lowest BCUT2D eigenvalue weighted by atomic mass is 9.99. The summed E-state index contributed by atoms with van der Waals surface area (Å²) in [5, 5.41) is 0.753. The van der Waals surface area contributed by atoms with Gasteiger partial charge in [0.25, 0.3) is 10.0 Å². The van der Waals surface area contributed by atoms with Gasteiger partial charge < -0.3 is 9.47 Å². The summed E-state index contributed by atoms with van der Waals surface area (Å²) in [6, 6.07) is 0. The Morgan fingerprint density at radius 3 is 2.68 bits per heavy atom. The Labute approximate surface area is 116 Å². The Morgan fingerprint density at radius 2 is 2.11 bits per heavy atom. The zero-order chi connectivity index (χ0) is 13.5. The van der Waals surface area contributed by atoms with Crippen molar-refractivity contribution in [1.29, 1.82) is 0 Å². The van der Waals surface area contributed by atoms with Crippen molar-refractivity contribution in [2.75, 3.05) is 33.0 Å². The highest BCUT2D eigenvalue weighted by Gasteiger charge is 2.49. The first kappa shape index (κ1) is 13.4. The van der Waals surface area contributed by atoms with Crippen LogP contribution in [0.15, 0.2) is 10.4 Å². The third kappa shape index (κ3) is 2.21. The SMILES string of the molecule is Cc1ncc(S(=O)(=O)N2CCOCC23CCOC3)s1. The lowest BCUT2D eigenvalue weighted by Gasteiger charge is -2.41. The highest BCUT2D eigenvalue weighted by atomic mass is 32.2. The molecule has 2 aliphatic heterocycles. The van der Waals surface area contributed by atoms with Gasteiger partial charge in [-0.3, -0.25) is 0 Å². The summed E-state index contributed by atoms with van der Waals surface area (Å²) in [6.45, 7) is 4.00. The lowest BCUT2D eigenvalue weighted by molar-refractivity contribution is -0.0292. The molecule has 0 saturated carbocycles. The normalized spacial score (nSPS) is 29.1. The van der Waals surface area contributed by atoms with E-state index in [1.165, 1.54) is 17.5 Å². The summed E-state index contributed by atoms with van der Waals surface area (Å²) >= 11 is 1.21. The summed E-state index contributed by atoms with van der Waals surface area (Å²) < 4.78 is 38.2. The number of morpholine rings is 1. The van der Waals surface area contributed by atoms with Crippen LogP contribution in [-0.2, 0) is 19.5 Å². The van der Waals surface area contributed by atoms with E-state index in [9.17, 15) is 8.42 Å². The minimum absolute atomic E-state index is 0.304. The molecule has 1 unspecified atom stereocenters. The van der Waals surface area contributed by atoms with E-state index < -0.39 is 15.6 Å². The second-order valence-electron chi connectivity index (χ2n) is 4.86. The molecule has 0 bridgehead atoms. The Balaban J connectivity index is 1.98. The van der Waals surface area contributed by atoms with Crippen molar-refractivity contribution >= 4 is 21.4 Å². The van der Waals surface area contributed by atoms with Crippen LogP contribution in [0.5, 0.6) is 0 Å². The van der Waals surface area contributed by atoms with Crippen molar-refractivity contribution in [2.45, 2.75) is 23.1 Å². The fourth-order valence-corrected chi connectivity index (χ4v) is 5.55. The first-order chi connectivity index (χ1) is 9.05. The zero-order valence-electron chi connectivity index (χ0n) is 10.7. The molecule has 8 heteroatoms. The van der Waals surface area contributed by atoms with E-state index in [1.54, 1.807) is 11.2 Å². The van der Waals surface area contributed by atoms with Crippen LogP contribution in [0.1, 0.15) is 11.4 Å². The van der Waals surface area contributed by atoms with Gasteiger partial charge in [0.2, 0.25) is 0 Å². The average molecular weight is 304 g/mol. The summed E-state index contributed by atoms with van der Waals surface area (Å²) in [7, 11) is -3.50. The number of rotatable bonds is 2. The predicted molar refractivity (Wildman–Crippen MR) is 69.7 cm³/mol. The summed E-state index contributed by atoms with van der Waals surface area (Å²) in [6.07, 6.45) is 2.12. The molecule has 0 amide bonds. The molecule has 1 aromatic heterocycles. The number of hydrogen-bond acceptors (Lipinski definition) is 6. The van der Waals surface area contributed by atoms with E-state index in [1.807, 2.05) is 0 Å². The van der Waals surface area contributed by atoms with Crippen LogP contribution in [0.25, 0.3) is 0 Å². The van der Waals surface area contributed by atoms with Crippen LogP contribution in [0.3, 0.4) is 0 Å². The second kappa shape index (κ2) is 4.78. The standard InChI is InChI=1S/C11H16N2O4S2/c1-9-12-6-10(18-9)19(14,15)13-3-5-17-8-11(13)2-4-16-7-11/h6H,2-5,7-8H2,1H3. The van der Waals surface area contributed by atoms with Crippen LogP contribution < -0.4 is 0 Å². The van der Waals surface area contributed by atoms with Gasteiger partial charge in [0, 0.05) is 13.2 Å². The van der Waals surface area contributed by atoms with Gasteiger partial charge in [-0.05, 0) is 13.3 Å². The maximum absolute atomic E-state index is 12.7. The number of aryl methyl sites for hydroxylation is 1. The van der Waals surface area contributed by atoms with Crippen molar-refractivity contribution in [3.8, 4) is 0 Å². The fourth-order valence-electron chi connectivity index (χ4n) is 2.57. The monoisotopic (exact) mass is 304 g/mol. The Morgan fingerprint density at radius 1 is 1.37 bits per heavy atom. The van der Waals surface area contributed by atoms with Crippen molar-refractivity contribution in [2.24, 2.45) is 0 Å². The van der Waals surface area contributed by atoms with Crippen LogP contribution in [0.4, 0.5) is 0 Å². The van der Waals surface area contributed by atoms with Crippen LogP contribution in [0, 0.1) is 6.92 Å². The molecule has 0 aliphatic carbocycles. The van der Waals surface area contributed by atoms with Gasteiger partial charge in [-0.2, -0.15) is 4.31 Å². The number of nitrogens with zero attached hydrogens (tertiary/aromatic N) is 2. The average Bonchev–Trinajstić information content (AvgIpc) is 3.00. The molecular formula is C11H16N2O4S2. The van der Waals surface area contributed by atoms with Crippen molar-refractivity contribution < 1.29 is 17.9 Å². The number of sulfonamides is 1. The second-order valence-corrected chi connectivity index (χ2v) is 8.18. The van der Waals surface area contributed by atoms with E-state index in [4.69, 9.17) is 9.47 Å². The molecule has 3 rings (SSSR count). The van der Waals surface area contributed by atoms with Crippen molar-refractivity contribution in [1.82, 2.24) is 9.29 Å². The van der Waals surface area contributed by atoms with Crippen molar-refractivity contribution in [3.63, 3.8) is 0 Å². The molecule has 19 heavy (non-hydrogen) atoms. The summed E-state index contributed by atoms with van der Waals surface area (Å²) in [4.78, 5) is 4.04. The Bertz CT molecular complexity index is 563. The predicted octanol–water partition coefficient (Wildman–Crippen LogP) is 0.632. The first-order valence-electron chi connectivity index (χ1n) is 6.15. The largest absolute Gasteiger partial charge is 0.379 e. The molecule has 2 aliphatic rings. The molecular weight excluding hydrogens is 288 g/mol. The minimum Gasteiger partial charge on any atom is -0.379 e. The molecule has 0 aromatic carbocycles. The molecule has 2 fully saturated rings. The topological polar surface area (TPSA) is 68.7 Å². The molecule has 1 aromatic rings. The quantitative estimate of drug-likeness (QED) is 0.801. The molecule has 0 N–H and O–H groups in total. The molecule has 106 valence electrons. The molecule has 2 saturated heterocycles. The Hall–Kier alpha value is -0.540. The van der Waals surface area contributed by atoms with E-state index >= 15 is 0 Å². The number of thiazole rings is 1. The molecule has 1 spiro atoms. The summed E-state index contributed by atoms with van der Waals surface area (Å²) in [5.74, 6) is 0. The van der Waals surface area contributed by atoms with Gasteiger partial charge in [-0.1, -0.05) is 0 Å². The molecule has 1 atom stereocenters. The molecule has 6 nitrogen and oxygen atoms in total. The lowest BCUT2D eigenvalue weighted by Crippen LogP contribution is -2.59. The highest BCUT2D eigenvalue weighted by Crippen LogP contribution is 2.35. The summed E-state index contributed by atoms with van der Waals surface area (Å²) in [5.41, 5.74) is -0.533. The van der Waals surface area contributed by atoms with E-state index in [0.717, 1.165) is 5.01 Å². The van der Waals surface area contributed by atoms with Crippen LogP contribution >= 0.6 is 11.3 Å². The zero-order valence-corrected chi connectivity index (χ0v) is 12.3. The van der Waals surface area contributed by atoms with Crippen LogP contribution in [-0.4, -0.2) is 56.2 Å². The third-order valence-electron chi connectivity index (χ3n) is 3.57. The molecule has 3 heterocycles.